The van der Waals surface area contributed by atoms with Crippen LogP contribution in [0.15, 0.2) is 70.4 Å². The van der Waals surface area contributed by atoms with Crippen LogP contribution < -0.4 is 16.0 Å². The third-order valence-electron chi connectivity index (χ3n) is 7.52. The van der Waals surface area contributed by atoms with Crippen LogP contribution in [0.1, 0.15) is 90.7 Å². The third kappa shape index (κ3) is 11.4. The summed E-state index contributed by atoms with van der Waals surface area (Å²) >= 11 is 0. The van der Waals surface area contributed by atoms with Gasteiger partial charge in [0.2, 0.25) is 0 Å². The first-order chi connectivity index (χ1) is 19.9. The van der Waals surface area contributed by atoms with Crippen molar-refractivity contribution in [1.82, 2.24) is 20.5 Å². The summed E-state index contributed by atoms with van der Waals surface area (Å²) in [5.41, 5.74) is 5.86. The first-order valence-corrected chi connectivity index (χ1v) is 15.5. The molecule has 0 radical (unpaired) electrons. The molecule has 3 rings (SSSR count). The van der Waals surface area contributed by atoms with Crippen molar-refractivity contribution in [3.8, 4) is 0 Å². The van der Waals surface area contributed by atoms with E-state index in [-0.39, 0.29) is 0 Å². The standard InChI is InChI=1S/C32H49N7.C2H6/c1-8-25(23(3)4)11-10-24(5)37-32(36-9-2)15-14-31(33-6)38-30-21-35-20-28(26-12-13-26)29(30)22-39(7)27-16-18-34-19-17-27;1-2/h8-11,15,20-21,23,26-27,34,37H,5,12-14,16-19,22H2,1-4,6-7H3,(H,33,38);1-2H3/b11-10-,25-8+,32-15+,36-9-;. The lowest BCUT2D eigenvalue weighted by Gasteiger charge is -2.32. The SMILES string of the molecule is C=C(/C=C\C(=C/C)C(C)C)NC(=C/CC(=NC)Nc1cncc(C2CC2)c1CN(C)C1CCNCC1)/N=C\C.CC. The number of aromatic nitrogens is 1. The van der Waals surface area contributed by atoms with Gasteiger partial charge in [-0.25, -0.2) is 4.99 Å². The van der Waals surface area contributed by atoms with Crippen LogP contribution in [0, 0.1) is 5.92 Å². The molecule has 0 atom stereocenters. The number of piperidine rings is 1. The fourth-order valence-corrected chi connectivity index (χ4v) is 5.01. The second-order valence-corrected chi connectivity index (χ2v) is 10.8. The fourth-order valence-electron chi connectivity index (χ4n) is 5.01. The number of hydrogen-bond acceptors (Lipinski definition) is 6. The maximum absolute atomic E-state index is 4.61. The maximum Gasteiger partial charge on any atom is 0.126 e. The van der Waals surface area contributed by atoms with Crippen LogP contribution in [0.4, 0.5) is 5.69 Å². The normalized spacial score (nSPS) is 17.4. The Labute approximate surface area is 250 Å². The van der Waals surface area contributed by atoms with Gasteiger partial charge in [0, 0.05) is 44.2 Å². The van der Waals surface area contributed by atoms with E-state index in [9.17, 15) is 0 Å². The topological polar surface area (TPSA) is 76.9 Å². The molecule has 1 aliphatic carbocycles. The van der Waals surface area contributed by atoms with Crippen molar-refractivity contribution >= 4 is 17.7 Å². The van der Waals surface area contributed by atoms with E-state index in [0.29, 0.717) is 24.3 Å². The summed E-state index contributed by atoms with van der Waals surface area (Å²) in [7, 11) is 4.09. The van der Waals surface area contributed by atoms with Gasteiger partial charge >= 0.3 is 0 Å². The molecular weight excluding hydrogens is 506 g/mol. The molecule has 1 saturated heterocycles. The molecule has 0 unspecified atom stereocenters. The van der Waals surface area contributed by atoms with Gasteiger partial charge in [-0.05, 0) is 100 Å². The molecule has 41 heavy (non-hydrogen) atoms. The van der Waals surface area contributed by atoms with Crippen molar-refractivity contribution in [1.29, 1.82) is 0 Å². The number of allylic oxidation sites excluding steroid dienone is 4. The van der Waals surface area contributed by atoms with Crippen LogP contribution in [0.3, 0.4) is 0 Å². The number of hydrogen-bond donors (Lipinski definition) is 3. The van der Waals surface area contributed by atoms with E-state index >= 15 is 0 Å². The average molecular weight is 562 g/mol. The minimum absolute atomic E-state index is 0.467. The molecule has 0 bridgehead atoms. The Kier molecular flexibility index (Phi) is 15.3. The maximum atomic E-state index is 4.61. The van der Waals surface area contributed by atoms with Crippen molar-refractivity contribution < 1.29 is 0 Å². The van der Waals surface area contributed by atoms with E-state index in [1.54, 1.807) is 6.21 Å². The zero-order valence-corrected chi connectivity index (χ0v) is 26.9. The minimum Gasteiger partial charge on any atom is -0.342 e. The summed E-state index contributed by atoms with van der Waals surface area (Å²) in [4.78, 5) is 16.2. The summed E-state index contributed by atoms with van der Waals surface area (Å²) in [5, 5.41) is 10.4. The highest BCUT2D eigenvalue weighted by Crippen LogP contribution is 2.43. The smallest absolute Gasteiger partial charge is 0.126 e. The predicted molar refractivity (Wildman–Crippen MR) is 179 cm³/mol. The van der Waals surface area contributed by atoms with E-state index in [4.69, 9.17) is 0 Å². The predicted octanol–water partition coefficient (Wildman–Crippen LogP) is 7.19. The van der Waals surface area contributed by atoms with E-state index in [1.165, 1.54) is 42.4 Å². The Morgan fingerprint density at radius 3 is 2.44 bits per heavy atom. The minimum atomic E-state index is 0.467. The number of nitrogens with zero attached hydrogens (tertiary/aromatic N) is 4. The van der Waals surface area contributed by atoms with Gasteiger partial charge in [0.1, 0.15) is 11.7 Å². The Morgan fingerprint density at radius 1 is 1.15 bits per heavy atom. The summed E-state index contributed by atoms with van der Waals surface area (Å²) in [6.07, 6.45) is 19.6. The van der Waals surface area contributed by atoms with Crippen LogP contribution in [0.25, 0.3) is 0 Å². The molecule has 0 aromatic carbocycles. The number of anilines is 1. The molecule has 0 spiro atoms. The van der Waals surface area contributed by atoms with Crippen molar-refractivity contribution in [3.63, 3.8) is 0 Å². The number of amidine groups is 1. The highest BCUT2D eigenvalue weighted by Gasteiger charge is 2.29. The van der Waals surface area contributed by atoms with Crippen LogP contribution in [-0.2, 0) is 6.54 Å². The molecule has 1 saturated carbocycles. The second-order valence-electron chi connectivity index (χ2n) is 10.8. The van der Waals surface area contributed by atoms with E-state index < -0.39 is 0 Å². The molecule has 1 aromatic heterocycles. The summed E-state index contributed by atoms with van der Waals surface area (Å²) < 4.78 is 0. The quantitative estimate of drug-likeness (QED) is 0.135. The molecule has 7 heteroatoms. The average Bonchev–Trinajstić information content (AvgIpc) is 3.83. The van der Waals surface area contributed by atoms with Gasteiger partial charge in [-0.2, -0.15) is 0 Å². The molecule has 1 aromatic rings. The van der Waals surface area contributed by atoms with Gasteiger partial charge in [-0.1, -0.05) is 46.4 Å². The lowest BCUT2D eigenvalue weighted by molar-refractivity contribution is 0.191. The van der Waals surface area contributed by atoms with Gasteiger partial charge in [-0.3, -0.25) is 14.9 Å². The van der Waals surface area contributed by atoms with Crippen LogP contribution in [-0.4, -0.2) is 55.2 Å². The molecule has 2 heterocycles. The zero-order chi connectivity index (χ0) is 30.2. The van der Waals surface area contributed by atoms with Gasteiger partial charge in [0.15, 0.2) is 0 Å². The van der Waals surface area contributed by atoms with E-state index in [2.05, 4.69) is 88.6 Å². The number of nitrogens with one attached hydrogen (secondary N) is 3. The van der Waals surface area contributed by atoms with Crippen LogP contribution >= 0.6 is 0 Å². The second kappa shape index (κ2) is 18.4. The molecule has 1 aliphatic heterocycles. The summed E-state index contributed by atoms with van der Waals surface area (Å²) in [6, 6.07) is 0.605. The zero-order valence-electron chi connectivity index (χ0n) is 26.9. The molecule has 2 aliphatic rings. The Balaban J connectivity index is 0.00000287. The monoisotopic (exact) mass is 561 g/mol. The van der Waals surface area contributed by atoms with Gasteiger partial charge < -0.3 is 16.0 Å². The lowest BCUT2D eigenvalue weighted by Crippen LogP contribution is -2.41. The number of rotatable bonds is 13. The van der Waals surface area contributed by atoms with Crippen LogP contribution in [0.5, 0.6) is 0 Å². The fraction of sp³-hybridized carbons (Fsp3) is 0.559. The van der Waals surface area contributed by atoms with E-state index in [1.807, 2.05) is 46.2 Å². The first kappa shape index (κ1) is 34.2. The van der Waals surface area contributed by atoms with Crippen molar-refractivity contribution in [2.45, 2.75) is 92.2 Å². The number of aliphatic imine (C=N–C) groups is 2. The highest BCUT2D eigenvalue weighted by molar-refractivity contribution is 5.97. The molecule has 3 N–H and O–H groups in total. The molecule has 2 fully saturated rings. The highest BCUT2D eigenvalue weighted by atomic mass is 15.1. The van der Waals surface area contributed by atoms with Gasteiger partial charge in [-0.15, -0.1) is 0 Å². The summed E-state index contributed by atoms with van der Waals surface area (Å²) in [6.45, 7) is 19.6. The van der Waals surface area contributed by atoms with Crippen molar-refractivity contribution in [3.05, 3.63) is 71.5 Å². The Bertz CT molecular complexity index is 1100. The first-order valence-electron chi connectivity index (χ1n) is 15.5. The van der Waals surface area contributed by atoms with Crippen molar-refractivity contribution in [2.75, 3.05) is 32.5 Å². The molecular formula is C34H55N7. The molecule has 7 nitrogen and oxygen atoms in total. The molecule has 226 valence electrons. The van der Waals surface area contributed by atoms with Gasteiger partial charge in [0.05, 0.1) is 11.9 Å². The Morgan fingerprint density at radius 2 is 1.85 bits per heavy atom. The largest absolute Gasteiger partial charge is 0.342 e. The van der Waals surface area contributed by atoms with Gasteiger partial charge in [0.25, 0.3) is 0 Å². The summed E-state index contributed by atoms with van der Waals surface area (Å²) in [5.74, 6) is 2.72. The number of pyridine rings is 1. The lowest BCUT2D eigenvalue weighted by atomic mass is 10.0. The van der Waals surface area contributed by atoms with E-state index in [0.717, 1.165) is 42.7 Å². The Hall–Kier alpha value is -3.03. The van der Waals surface area contributed by atoms with Crippen LogP contribution in [0.2, 0.25) is 0 Å². The van der Waals surface area contributed by atoms with Crippen molar-refractivity contribution in [2.24, 2.45) is 15.9 Å². The molecule has 0 amide bonds. The third-order valence-corrected chi connectivity index (χ3v) is 7.52.